The molecule has 1 aromatic heterocycles. The molecule has 0 spiro atoms. The van der Waals surface area contributed by atoms with Gasteiger partial charge in [-0.05, 0) is 31.2 Å². The Morgan fingerprint density at radius 3 is 2.67 bits per heavy atom. The molecule has 1 amide bonds. The largest absolute Gasteiger partial charge is 0.376 e. The molecule has 2 aromatic rings. The molecular weight excluding hydrogens is 226 g/mol. The zero-order valence-electron chi connectivity index (χ0n) is 10.2. The van der Waals surface area contributed by atoms with Crippen molar-refractivity contribution in [2.45, 2.75) is 6.92 Å². The van der Waals surface area contributed by atoms with Crippen LogP contribution in [0.25, 0.3) is 0 Å². The van der Waals surface area contributed by atoms with Gasteiger partial charge in [-0.15, -0.1) is 0 Å². The Hall–Kier alpha value is -2.36. The Bertz CT molecular complexity index is 526. The zero-order chi connectivity index (χ0) is 12.8. The number of anilines is 2. The first-order valence-corrected chi connectivity index (χ1v) is 5.75. The highest BCUT2D eigenvalue weighted by Crippen LogP contribution is 2.07. The molecule has 0 aliphatic carbocycles. The van der Waals surface area contributed by atoms with E-state index in [1.165, 1.54) is 0 Å². The number of rotatable bonds is 4. The lowest BCUT2D eigenvalue weighted by atomic mass is 10.3. The number of para-hydroxylation sites is 1. The number of hydrogen-bond acceptors (Lipinski definition) is 3. The summed E-state index contributed by atoms with van der Waals surface area (Å²) in [5, 5.41) is 5.86. The molecule has 18 heavy (non-hydrogen) atoms. The van der Waals surface area contributed by atoms with E-state index in [9.17, 15) is 4.79 Å². The number of benzene rings is 1. The van der Waals surface area contributed by atoms with Crippen LogP contribution >= 0.6 is 0 Å². The molecule has 0 saturated carbocycles. The van der Waals surface area contributed by atoms with E-state index in [4.69, 9.17) is 0 Å². The number of aromatic nitrogens is 1. The van der Waals surface area contributed by atoms with Gasteiger partial charge in [0.15, 0.2) is 0 Å². The Morgan fingerprint density at radius 2 is 1.94 bits per heavy atom. The highest BCUT2D eigenvalue weighted by Gasteiger charge is 2.02. The Morgan fingerprint density at radius 1 is 1.17 bits per heavy atom. The summed E-state index contributed by atoms with van der Waals surface area (Å²) < 4.78 is 0. The van der Waals surface area contributed by atoms with Gasteiger partial charge < -0.3 is 10.6 Å². The van der Waals surface area contributed by atoms with Gasteiger partial charge in [0.1, 0.15) is 0 Å². The van der Waals surface area contributed by atoms with Crippen molar-refractivity contribution in [3.63, 3.8) is 0 Å². The maximum Gasteiger partial charge on any atom is 0.243 e. The third-order valence-electron chi connectivity index (χ3n) is 2.41. The first-order valence-electron chi connectivity index (χ1n) is 5.75. The molecule has 1 heterocycles. The summed E-state index contributed by atoms with van der Waals surface area (Å²) in [7, 11) is 0. The average Bonchev–Trinajstić information content (AvgIpc) is 2.38. The van der Waals surface area contributed by atoms with Gasteiger partial charge in [0.25, 0.3) is 0 Å². The second-order valence-electron chi connectivity index (χ2n) is 3.95. The summed E-state index contributed by atoms with van der Waals surface area (Å²) >= 11 is 0. The van der Waals surface area contributed by atoms with Crippen LogP contribution in [-0.4, -0.2) is 17.4 Å². The van der Waals surface area contributed by atoms with Crippen LogP contribution in [0.1, 0.15) is 5.69 Å². The third-order valence-corrected chi connectivity index (χ3v) is 2.41. The lowest BCUT2D eigenvalue weighted by Gasteiger charge is -2.07. The van der Waals surface area contributed by atoms with E-state index >= 15 is 0 Å². The van der Waals surface area contributed by atoms with Gasteiger partial charge in [-0.25, -0.2) is 0 Å². The first kappa shape index (κ1) is 12.1. The van der Waals surface area contributed by atoms with E-state index in [-0.39, 0.29) is 12.5 Å². The van der Waals surface area contributed by atoms with Gasteiger partial charge in [0, 0.05) is 23.3 Å². The van der Waals surface area contributed by atoms with Crippen LogP contribution in [0.2, 0.25) is 0 Å². The molecule has 1 aromatic carbocycles. The van der Waals surface area contributed by atoms with Gasteiger partial charge in [0.05, 0.1) is 6.54 Å². The fourth-order valence-corrected chi connectivity index (χ4v) is 1.57. The van der Waals surface area contributed by atoms with Gasteiger partial charge in [-0.2, -0.15) is 0 Å². The van der Waals surface area contributed by atoms with E-state index in [1.54, 1.807) is 12.3 Å². The van der Waals surface area contributed by atoms with E-state index in [1.807, 2.05) is 43.3 Å². The summed E-state index contributed by atoms with van der Waals surface area (Å²) in [6.07, 6.45) is 1.68. The number of nitrogens with zero attached hydrogens (tertiary/aromatic N) is 1. The van der Waals surface area contributed by atoms with Crippen LogP contribution < -0.4 is 10.6 Å². The number of pyridine rings is 1. The highest BCUT2D eigenvalue weighted by molar-refractivity contribution is 5.93. The molecule has 0 fully saturated rings. The third kappa shape index (κ3) is 3.59. The lowest BCUT2D eigenvalue weighted by Crippen LogP contribution is -2.21. The van der Waals surface area contributed by atoms with Crippen LogP contribution in [0.3, 0.4) is 0 Å². The van der Waals surface area contributed by atoms with Crippen molar-refractivity contribution in [3.8, 4) is 0 Å². The zero-order valence-corrected chi connectivity index (χ0v) is 10.2. The molecule has 4 nitrogen and oxygen atoms in total. The normalized spacial score (nSPS) is 9.83. The predicted octanol–water partition coefficient (Wildman–Crippen LogP) is 2.44. The molecule has 0 bridgehead atoms. The van der Waals surface area contributed by atoms with Crippen molar-refractivity contribution in [1.82, 2.24) is 4.98 Å². The minimum atomic E-state index is -0.0792. The van der Waals surface area contributed by atoms with Crippen LogP contribution in [-0.2, 0) is 4.79 Å². The van der Waals surface area contributed by atoms with Crippen LogP contribution in [0.4, 0.5) is 11.4 Å². The number of carbonyl (C=O) groups is 1. The molecular formula is C14H15N3O. The summed E-state index contributed by atoms with van der Waals surface area (Å²) in [6.45, 7) is 2.13. The number of hydrogen-bond donors (Lipinski definition) is 2. The van der Waals surface area contributed by atoms with E-state index in [0.29, 0.717) is 0 Å². The second kappa shape index (κ2) is 5.82. The van der Waals surface area contributed by atoms with E-state index in [0.717, 1.165) is 17.1 Å². The maximum atomic E-state index is 11.7. The number of carbonyl (C=O) groups excluding carboxylic acids is 1. The maximum absolute atomic E-state index is 11.7. The van der Waals surface area contributed by atoms with Gasteiger partial charge in [-0.1, -0.05) is 18.2 Å². The van der Waals surface area contributed by atoms with Crippen molar-refractivity contribution in [1.29, 1.82) is 0 Å². The van der Waals surface area contributed by atoms with E-state index in [2.05, 4.69) is 15.6 Å². The molecule has 4 heteroatoms. The number of aryl methyl sites for hydroxylation is 1. The van der Waals surface area contributed by atoms with Crippen molar-refractivity contribution >= 4 is 17.3 Å². The predicted molar refractivity (Wildman–Crippen MR) is 72.5 cm³/mol. The van der Waals surface area contributed by atoms with Gasteiger partial charge >= 0.3 is 0 Å². The molecule has 0 saturated heterocycles. The highest BCUT2D eigenvalue weighted by atomic mass is 16.1. The average molecular weight is 241 g/mol. The van der Waals surface area contributed by atoms with Crippen LogP contribution in [0.5, 0.6) is 0 Å². The molecule has 2 N–H and O–H groups in total. The Kier molecular flexibility index (Phi) is 3.91. The fraction of sp³-hybridized carbons (Fsp3) is 0.143. The Labute approximate surface area is 106 Å². The quantitative estimate of drug-likeness (QED) is 0.864. The number of nitrogens with one attached hydrogen (secondary N) is 2. The number of amides is 1. The van der Waals surface area contributed by atoms with Gasteiger partial charge in [-0.3, -0.25) is 9.78 Å². The summed E-state index contributed by atoms with van der Waals surface area (Å²) in [6, 6.07) is 13.2. The molecule has 0 aliphatic rings. The monoisotopic (exact) mass is 241 g/mol. The molecule has 2 rings (SSSR count). The lowest BCUT2D eigenvalue weighted by molar-refractivity contribution is -0.114. The molecule has 0 radical (unpaired) electrons. The van der Waals surface area contributed by atoms with Crippen molar-refractivity contribution < 1.29 is 4.79 Å². The minimum absolute atomic E-state index is 0.0792. The molecule has 0 aliphatic heterocycles. The molecule has 0 unspecified atom stereocenters. The topological polar surface area (TPSA) is 54.0 Å². The van der Waals surface area contributed by atoms with Crippen LogP contribution in [0.15, 0.2) is 48.7 Å². The van der Waals surface area contributed by atoms with Crippen molar-refractivity contribution in [2.24, 2.45) is 0 Å². The van der Waals surface area contributed by atoms with Crippen molar-refractivity contribution in [2.75, 3.05) is 17.2 Å². The van der Waals surface area contributed by atoms with E-state index < -0.39 is 0 Å². The Balaban J connectivity index is 1.86. The van der Waals surface area contributed by atoms with Crippen molar-refractivity contribution in [3.05, 3.63) is 54.4 Å². The smallest absolute Gasteiger partial charge is 0.243 e. The standard InChI is InChI=1S/C14H15N3O/c1-11-9-13(7-8-15-11)17-14(18)10-16-12-5-3-2-4-6-12/h2-9,16H,10H2,1H3,(H,15,17,18). The fourth-order valence-electron chi connectivity index (χ4n) is 1.57. The summed E-state index contributed by atoms with van der Waals surface area (Å²) in [5.74, 6) is -0.0792. The molecule has 0 atom stereocenters. The van der Waals surface area contributed by atoms with Gasteiger partial charge in [0.2, 0.25) is 5.91 Å². The summed E-state index contributed by atoms with van der Waals surface area (Å²) in [5.41, 5.74) is 2.57. The molecule has 92 valence electrons. The second-order valence-corrected chi connectivity index (χ2v) is 3.95. The first-order chi connectivity index (χ1) is 8.74. The minimum Gasteiger partial charge on any atom is -0.376 e. The summed E-state index contributed by atoms with van der Waals surface area (Å²) in [4.78, 5) is 15.8. The SMILES string of the molecule is Cc1cc(NC(=O)CNc2ccccc2)ccn1. The van der Waals surface area contributed by atoms with Crippen LogP contribution in [0, 0.1) is 6.92 Å².